The lowest BCUT2D eigenvalue weighted by molar-refractivity contribution is -0.486. The number of nitro groups is 3. The quantitative estimate of drug-likeness (QED) is 0.00321. The minimum absolute atomic E-state index is 0.00959. The maximum atomic E-state index is 12.1. The van der Waals surface area contributed by atoms with Crippen molar-refractivity contribution in [3.8, 4) is 0 Å². The first kappa shape index (κ1) is 103. The van der Waals surface area contributed by atoms with E-state index in [1.807, 2.05) is 62.3 Å². The molecule has 0 aromatic heterocycles. The van der Waals surface area contributed by atoms with Gasteiger partial charge in [-0.25, -0.2) is 62.2 Å². The predicted molar refractivity (Wildman–Crippen MR) is 417 cm³/mol. The van der Waals surface area contributed by atoms with E-state index < -0.39 is 143 Å². The van der Waals surface area contributed by atoms with Crippen molar-refractivity contribution < 1.29 is 131 Å². The predicted octanol–water partition coefficient (Wildman–Crippen LogP) is 13.6. The third-order valence-electron chi connectivity index (χ3n) is 17.6. The summed E-state index contributed by atoms with van der Waals surface area (Å²) < 4.78 is 120. The molecule has 6 N–H and O–H groups in total. The number of alkyl halides is 1. The standard InChI is InChI=1S/C14H17NO5.C13H17NO6S.C12H15ClO4S.C12H15NO6S.C12H16O4S.C10H18O6S/c1-4-9(2)11-7-10(3)14(12(8-11)15(17)18)13(16)5-6-20-19;1-4-9(2)11-7-10(3)13(12(8-11)14(15)16)21(18,19)6-5-20-17;1-3-8(2)9-4-6-10(7-5-9)18(16,17)11(13)12(14)15;1-3-8(2)9-4-6-10(7-5-9)20(18,19)11(12(14)15)13(16)17;1-3-9(2)10-4-6-11(7-5-10)17(15,16)8-12(13)14;1-4-10(2,3)9(13)16-5-6-17(14,15)7-8(11)12/h5-9,19H,4H2,1-3H3;5-9,17H,4H2,1-3H3;4-8,11H,3H2,1-2H3,(H,14,15);4-8,11H,3H2,1-2H3,(H,14,15);4-7,9H,3,8H2,1-2H3,(H,13,14);4-7H2,1-3H3,(H,11,12)/b2*6-5+;;;;. The molecule has 0 amide bonds. The van der Waals surface area contributed by atoms with Gasteiger partial charge in [0.25, 0.3) is 21.2 Å². The lowest BCUT2D eigenvalue weighted by Crippen LogP contribution is -2.37. The summed E-state index contributed by atoms with van der Waals surface area (Å²) >= 11 is 5.38. The highest BCUT2D eigenvalue weighted by atomic mass is 35.5. The lowest BCUT2D eigenvalue weighted by Gasteiger charge is -2.20. The van der Waals surface area contributed by atoms with E-state index in [1.165, 1.54) is 55.5 Å². The first-order valence-corrected chi connectivity index (χ1v) is 43.1. The number of aryl methyl sites for hydroxylation is 2. The number of hydrogen-bond acceptors (Lipinski definition) is 27. The number of hydrogen-bond donors (Lipinski definition) is 6. The van der Waals surface area contributed by atoms with Crippen molar-refractivity contribution in [2.45, 2.75) is 202 Å². The van der Waals surface area contributed by atoms with E-state index in [-0.39, 0.29) is 55.9 Å². The highest BCUT2D eigenvalue weighted by molar-refractivity contribution is 7.95. The molecule has 5 rings (SSSR count). The summed E-state index contributed by atoms with van der Waals surface area (Å²) in [7, 11) is -20.1. The van der Waals surface area contributed by atoms with Gasteiger partial charge in [-0.15, -0.1) is 0 Å². The monoisotopic (exact) mass is 1710 g/mol. The second-order valence-electron chi connectivity index (χ2n) is 26.1. The second kappa shape index (κ2) is 47.1. The minimum atomic E-state index is -4.55. The SMILES string of the molecule is CCC(C)(C)C(=O)OCCS(=O)(=O)CC(=O)O.CCC(C)c1cc(C)c(C(=O)/C=C/OO)c([N+](=O)[O-])c1.CCC(C)c1cc(C)c(S(=O)(=O)/C=C/OO)c([N+](=O)[O-])c1.CCC(C)c1ccc(S(=O)(=O)C(C(=O)O)[N+](=O)[O-])cc1.CCC(C)c1ccc(S(=O)(=O)C(Cl)C(=O)O)cc1.CCC(C)c1ccc(S(=O)(=O)CC(=O)O)cc1. The third-order valence-corrected chi connectivity index (χ3v) is 26.7. The maximum Gasteiger partial charge on any atom is 0.408 e. The molecule has 0 heterocycles. The minimum Gasteiger partial charge on any atom is -0.480 e. The fraction of sp³-hybridized carbons (Fsp3) is 0.452. The topological polar surface area (TPSA) is 552 Å². The molecule has 7 unspecified atom stereocenters. The summed E-state index contributed by atoms with van der Waals surface area (Å²) in [4.78, 5) is 102. The number of ketones is 1. The number of halogens is 1. The molecule has 0 fully saturated rings. The first-order chi connectivity index (χ1) is 52.1. The van der Waals surface area contributed by atoms with Gasteiger partial charge in [-0.1, -0.05) is 136 Å². The number of carboxylic acid groups (broad SMARTS) is 4. The lowest BCUT2D eigenvalue weighted by atomic mass is 9.91. The highest BCUT2D eigenvalue weighted by Gasteiger charge is 2.45. The van der Waals surface area contributed by atoms with Crippen LogP contribution in [0.4, 0.5) is 11.4 Å². The zero-order valence-corrected chi connectivity index (χ0v) is 69.6. The van der Waals surface area contributed by atoms with Gasteiger partial charge in [-0.05, 0) is 171 Å². The molecule has 7 atom stereocenters. The van der Waals surface area contributed by atoms with Crippen molar-refractivity contribution in [2.75, 3.05) is 23.9 Å². The fourth-order valence-corrected chi connectivity index (χ4v) is 15.2. The Labute approximate surface area is 661 Å². The number of carbonyl (C=O) groups is 6. The van der Waals surface area contributed by atoms with E-state index in [2.05, 4.69) is 23.6 Å². The largest absolute Gasteiger partial charge is 0.480 e. The van der Waals surface area contributed by atoms with Crippen molar-refractivity contribution in [2.24, 2.45) is 5.41 Å². The molecule has 0 aliphatic heterocycles. The average molecular weight is 1710 g/mol. The summed E-state index contributed by atoms with van der Waals surface area (Å²) in [6.07, 6.45) is 7.24. The zero-order valence-electron chi connectivity index (χ0n) is 64.8. The Morgan fingerprint density at radius 3 is 1.23 bits per heavy atom. The van der Waals surface area contributed by atoms with Crippen LogP contribution in [0.25, 0.3) is 0 Å². The van der Waals surface area contributed by atoms with Gasteiger partial charge in [0, 0.05) is 18.2 Å². The van der Waals surface area contributed by atoms with Crippen LogP contribution in [0, 0.1) is 49.6 Å². The summed E-state index contributed by atoms with van der Waals surface area (Å²) in [6.45, 7) is 28.0. The Kier molecular flexibility index (Phi) is 43.1. The zero-order chi connectivity index (χ0) is 87.7. The van der Waals surface area contributed by atoms with Crippen LogP contribution in [0.2, 0.25) is 0 Å². The van der Waals surface area contributed by atoms with Crippen LogP contribution < -0.4 is 0 Å². The van der Waals surface area contributed by atoms with Crippen LogP contribution in [0.15, 0.2) is 141 Å². The molecule has 5 aromatic carbocycles. The van der Waals surface area contributed by atoms with E-state index in [9.17, 15) is 101 Å². The number of sulfone groups is 5. The summed E-state index contributed by atoms with van der Waals surface area (Å²) in [5.74, 6) is -8.49. The number of carbonyl (C=O) groups excluding carboxylic acids is 2. The van der Waals surface area contributed by atoms with Crippen LogP contribution in [-0.4, -0.2) is 157 Å². The molecule has 0 saturated carbocycles. The van der Waals surface area contributed by atoms with Gasteiger partial charge in [0.05, 0.1) is 46.0 Å². The Balaban J connectivity index is 0.00000133. The number of esters is 1. The van der Waals surface area contributed by atoms with Gasteiger partial charge < -0.3 is 34.9 Å². The van der Waals surface area contributed by atoms with Crippen LogP contribution in [0.3, 0.4) is 0 Å². The third kappa shape index (κ3) is 32.8. The van der Waals surface area contributed by atoms with Gasteiger partial charge in [0.2, 0.25) is 24.4 Å². The summed E-state index contributed by atoms with van der Waals surface area (Å²) in [6, 6.07) is 24.2. The van der Waals surface area contributed by atoms with Gasteiger partial charge in [-0.3, -0.25) is 49.5 Å². The molecule has 0 bridgehead atoms. The molecule has 0 saturated heterocycles. The van der Waals surface area contributed by atoms with E-state index in [1.54, 1.807) is 69.3 Å². The highest BCUT2D eigenvalue weighted by Crippen LogP contribution is 2.35. The van der Waals surface area contributed by atoms with Gasteiger partial charge in [-0.2, -0.15) is 0 Å². The number of rotatable bonds is 35. The number of ether oxygens (including phenoxy) is 1. The van der Waals surface area contributed by atoms with Crippen LogP contribution in [0.1, 0.15) is 207 Å². The number of allylic oxidation sites excluding steroid dienone is 1. The maximum absolute atomic E-state index is 12.1. The summed E-state index contributed by atoms with van der Waals surface area (Å²) in [5.41, 5.74) is 3.95. The molecule has 0 aliphatic rings. The molecule has 5 aromatic rings. The van der Waals surface area contributed by atoms with Crippen LogP contribution in [0.5, 0.6) is 0 Å². The number of carboxylic acids is 4. The van der Waals surface area contributed by atoms with Crippen molar-refractivity contribution in [3.05, 3.63) is 196 Å². The molecule has 34 nitrogen and oxygen atoms in total. The normalized spacial score (nSPS) is 13.5. The number of nitrogens with zero attached hydrogens (tertiary/aromatic N) is 3. The molecule has 0 aliphatic carbocycles. The van der Waals surface area contributed by atoms with E-state index in [0.717, 1.165) is 66.7 Å². The molecule has 628 valence electrons. The second-order valence-corrected chi connectivity index (χ2v) is 36.8. The van der Waals surface area contributed by atoms with Crippen LogP contribution in [-0.2, 0) is 87.7 Å². The van der Waals surface area contributed by atoms with E-state index >= 15 is 0 Å². The van der Waals surface area contributed by atoms with Crippen molar-refractivity contribution in [1.82, 2.24) is 0 Å². The summed E-state index contributed by atoms with van der Waals surface area (Å²) in [5, 5.41) is 81.5. The van der Waals surface area contributed by atoms with E-state index in [0.29, 0.717) is 41.1 Å². The van der Waals surface area contributed by atoms with Crippen LogP contribution >= 0.6 is 11.6 Å². The smallest absolute Gasteiger partial charge is 0.408 e. The van der Waals surface area contributed by atoms with Gasteiger partial charge >= 0.3 is 35.2 Å². The number of aliphatic carboxylic acids is 4. The number of nitro benzene ring substituents is 2. The Hall–Kier alpha value is -9.64. The van der Waals surface area contributed by atoms with Crippen molar-refractivity contribution >= 4 is 108 Å². The molecule has 0 radical (unpaired) electrons. The van der Waals surface area contributed by atoms with Crippen molar-refractivity contribution in [1.29, 1.82) is 0 Å². The Morgan fingerprint density at radius 2 is 0.885 bits per heavy atom. The molecule has 40 heteroatoms. The van der Waals surface area contributed by atoms with Gasteiger partial charge in [0.1, 0.15) is 30.4 Å². The average Bonchev–Trinajstić information content (AvgIpc) is 0.841. The molecule has 113 heavy (non-hydrogen) atoms. The molecular formula is C73H98ClN3O31S5. The Bertz CT molecular complexity index is 4750. The van der Waals surface area contributed by atoms with E-state index in [4.69, 9.17) is 47.3 Å². The Morgan fingerprint density at radius 1 is 0.513 bits per heavy atom. The molecular weight excluding hydrogens is 1610 g/mol. The first-order valence-electron chi connectivity index (χ1n) is 34.5. The van der Waals surface area contributed by atoms with Crippen molar-refractivity contribution in [3.63, 3.8) is 0 Å². The number of benzene rings is 5. The fourth-order valence-electron chi connectivity index (χ4n) is 9.44. The molecule has 0 spiro atoms. The van der Waals surface area contributed by atoms with Gasteiger partial charge in [0.15, 0.2) is 36.1 Å².